The Balaban J connectivity index is 0.000000230. The van der Waals surface area contributed by atoms with Crippen molar-refractivity contribution in [3.05, 3.63) is 36.8 Å². The summed E-state index contributed by atoms with van der Waals surface area (Å²) in [7, 11) is 1.79. The van der Waals surface area contributed by atoms with Crippen molar-refractivity contribution in [1.82, 2.24) is 29.5 Å². The fourth-order valence-corrected chi connectivity index (χ4v) is 3.74. The highest BCUT2D eigenvalue weighted by Gasteiger charge is 2.22. The summed E-state index contributed by atoms with van der Waals surface area (Å²) in [5, 5.41) is 16.6. The zero-order chi connectivity index (χ0) is 21.1. The van der Waals surface area contributed by atoms with Gasteiger partial charge in [0.25, 0.3) is 0 Å². The van der Waals surface area contributed by atoms with E-state index in [1.165, 1.54) is 19.3 Å². The number of fused-ring (bicyclic) bond motifs is 2. The third-order valence-electron chi connectivity index (χ3n) is 5.30. The zero-order valence-electron chi connectivity index (χ0n) is 17.2. The van der Waals surface area contributed by atoms with Gasteiger partial charge in [0.2, 0.25) is 5.95 Å². The number of aromatic nitrogens is 6. The van der Waals surface area contributed by atoms with Crippen LogP contribution in [0.5, 0.6) is 0 Å². The fraction of sp³-hybridized carbons (Fsp3) is 0.381. The molecule has 9 nitrogen and oxygen atoms in total. The van der Waals surface area contributed by atoms with Crippen molar-refractivity contribution in [1.29, 1.82) is 0 Å². The van der Waals surface area contributed by atoms with E-state index in [2.05, 4.69) is 30.4 Å². The maximum Gasteiger partial charge on any atom is 0.240 e. The first-order chi connectivity index (χ1) is 14.5. The lowest BCUT2D eigenvalue weighted by Gasteiger charge is -2.27. The van der Waals surface area contributed by atoms with Gasteiger partial charge in [-0.15, -0.1) is 5.10 Å². The molecule has 4 aromatic rings. The summed E-state index contributed by atoms with van der Waals surface area (Å²) in [5.74, 6) is 0.852. The molecule has 4 heterocycles. The van der Waals surface area contributed by atoms with Crippen LogP contribution in [0.2, 0.25) is 0 Å². The van der Waals surface area contributed by atoms with Crippen molar-refractivity contribution >= 4 is 28.4 Å². The molecule has 5 rings (SSSR count). The number of rotatable bonds is 2. The van der Waals surface area contributed by atoms with E-state index in [4.69, 9.17) is 5.73 Å². The molecule has 4 N–H and O–H groups in total. The Morgan fingerprint density at radius 2 is 1.83 bits per heavy atom. The first-order valence-corrected chi connectivity index (χ1v) is 10.1. The summed E-state index contributed by atoms with van der Waals surface area (Å²) in [4.78, 5) is 17.3. The van der Waals surface area contributed by atoms with Crippen molar-refractivity contribution < 1.29 is 5.11 Å². The Morgan fingerprint density at radius 1 is 1.07 bits per heavy atom. The normalized spacial score (nSPS) is 15.6. The van der Waals surface area contributed by atoms with Crippen LogP contribution in [0.1, 0.15) is 39.0 Å². The molecule has 0 atom stereocenters. The summed E-state index contributed by atoms with van der Waals surface area (Å²) < 4.78 is 1.69. The van der Waals surface area contributed by atoms with Gasteiger partial charge in [0.05, 0.1) is 11.3 Å². The number of anilines is 2. The molecule has 1 fully saturated rings. The average molecular weight is 406 g/mol. The van der Waals surface area contributed by atoms with Gasteiger partial charge in [-0.05, 0) is 38.0 Å². The van der Waals surface area contributed by atoms with Crippen LogP contribution < -0.4 is 11.1 Å². The van der Waals surface area contributed by atoms with Crippen molar-refractivity contribution in [3.8, 4) is 11.3 Å². The first-order valence-electron chi connectivity index (χ1n) is 10.1. The molecule has 0 aromatic carbocycles. The topological polar surface area (TPSA) is 127 Å². The minimum absolute atomic E-state index is 0.205. The molecule has 1 aliphatic rings. The highest BCUT2D eigenvalue weighted by molar-refractivity contribution is 5.89. The monoisotopic (exact) mass is 406 g/mol. The number of nitrogens with one attached hydrogen (secondary N) is 1. The molecular weight excluding hydrogens is 380 g/mol. The van der Waals surface area contributed by atoms with E-state index >= 15 is 0 Å². The second-order valence-corrected chi connectivity index (χ2v) is 7.74. The first kappa shape index (κ1) is 20.0. The number of nitrogens with zero attached hydrogens (tertiary/aromatic N) is 6. The Bertz CT molecular complexity index is 1160. The Labute approximate surface area is 174 Å². The summed E-state index contributed by atoms with van der Waals surface area (Å²) in [6.45, 7) is 1.94. The summed E-state index contributed by atoms with van der Waals surface area (Å²) in [6, 6.07) is 5.72. The maximum absolute atomic E-state index is 9.37. The Hall–Kier alpha value is -3.33. The van der Waals surface area contributed by atoms with Crippen molar-refractivity contribution in [2.45, 2.75) is 44.6 Å². The van der Waals surface area contributed by atoms with Crippen LogP contribution in [-0.2, 0) is 0 Å². The molecular formula is C21H26N8O. The van der Waals surface area contributed by atoms with Crippen LogP contribution in [0.15, 0.2) is 36.8 Å². The van der Waals surface area contributed by atoms with Crippen LogP contribution in [0.25, 0.3) is 27.9 Å². The summed E-state index contributed by atoms with van der Waals surface area (Å²) >= 11 is 0. The number of hydrogen-bond acceptors (Lipinski definition) is 8. The minimum Gasteiger partial charge on any atom is -0.390 e. The lowest BCUT2D eigenvalue weighted by Crippen LogP contribution is -2.26. The van der Waals surface area contributed by atoms with E-state index in [0.717, 1.165) is 35.1 Å². The van der Waals surface area contributed by atoms with Gasteiger partial charge in [0.1, 0.15) is 11.0 Å². The molecule has 0 spiro atoms. The van der Waals surface area contributed by atoms with Gasteiger partial charge in [-0.25, -0.2) is 14.5 Å². The third-order valence-corrected chi connectivity index (χ3v) is 5.30. The molecule has 1 aliphatic carbocycles. The molecule has 1 saturated carbocycles. The van der Waals surface area contributed by atoms with Crippen LogP contribution >= 0.6 is 0 Å². The van der Waals surface area contributed by atoms with Crippen LogP contribution in [0.3, 0.4) is 0 Å². The fourth-order valence-electron chi connectivity index (χ4n) is 3.74. The second kappa shape index (κ2) is 8.19. The van der Waals surface area contributed by atoms with Gasteiger partial charge in [0.15, 0.2) is 11.5 Å². The lowest BCUT2D eigenvalue weighted by atomic mass is 9.87. The van der Waals surface area contributed by atoms with E-state index in [1.807, 2.05) is 31.3 Å². The van der Waals surface area contributed by atoms with Crippen molar-refractivity contribution in [2.24, 2.45) is 0 Å². The quantitative estimate of drug-likeness (QED) is 0.463. The van der Waals surface area contributed by atoms with Gasteiger partial charge in [-0.3, -0.25) is 4.98 Å². The lowest BCUT2D eigenvalue weighted by molar-refractivity contribution is 0.0225. The predicted molar refractivity (Wildman–Crippen MR) is 117 cm³/mol. The Kier molecular flexibility index (Phi) is 5.45. The molecule has 4 aromatic heterocycles. The van der Waals surface area contributed by atoms with E-state index < -0.39 is 0 Å². The maximum atomic E-state index is 9.37. The van der Waals surface area contributed by atoms with Gasteiger partial charge in [0, 0.05) is 31.2 Å². The molecule has 0 amide bonds. The van der Waals surface area contributed by atoms with Crippen molar-refractivity contribution in [2.75, 3.05) is 18.1 Å². The van der Waals surface area contributed by atoms with E-state index in [1.54, 1.807) is 24.0 Å². The zero-order valence-corrected chi connectivity index (χ0v) is 17.2. The number of aliphatic hydroxyl groups is 1. The van der Waals surface area contributed by atoms with Crippen molar-refractivity contribution in [3.63, 3.8) is 0 Å². The van der Waals surface area contributed by atoms with Gasteiger partial charge >= 0.3 is 0 Å². The van der Waals surface area contributed by atoms with Crippen LogP contribution in [0, 0.1) is 0 Å². The summed E-state index contributed by atoms with van der Waals surface area (Å²) in [6.07, 6.45) is 10.9. The Morgan fingerprint density at radius 3 is 2.53 bits per heavy atom. The summed E-state index contributed by atoms with van der Waals surface area (Å²) in [5.41, 5.74) is 9.23. The van der Waals surface area contributed by atoms with Gasteiger partial charge in [-0.2, -0.15) is 4.98 Å². The average Bonchev–Trinajstić information content (AvgIpc) is 3.17. The van der Waals surface area contributed by atoms with Gasteiger partial charge in [-0.1, -0.05) is 19.3 Å². The highest BCUT2D eigenvalue weighted by Crippen LogP contribution is 2.29. The molecule has 30 heavy (non-hydrogen) atoms. The molecule has 0 bridgehead atoms. The molecule has 0 unspecified atom stereocenters. The number of nitrogen functional groups attached to an aromatic ring is 1. The molecule has 9 heteroatoms. The highest BCUT2D eigenvalue weighted by atomic mass is 16.3. The predicted octanol–water partition coefficient (Wildman–Crippen LogP) is 3.06. The van der Waals surface area contributed by atoms with E-state index in [-0.39, 0.29) is 11.5 Å². The molecule has 0 saturated heterocycles. The minimum atomic E-state index is -0.321. The van der Waals surface area contributed by atoms with Crippen LogP contribution in [-0.4, -0.2) is 47.3 Å². The molecule has 156 valence electrons. The smallest absolute Gasteiger partial charge is 0.240 e. The standard InChI is InChI=1S/C14H12N8.C7H14O/c1-16-13-11-8(4-7-22(11)21-14(15)20-13)9-2-3-10-12(19-9)18-6-5-17-10;1-7(8)5-3-2-4-6-7/h2-7H,1H3,(H3,15,16,20,21);8H,2-6H2,1H3. The van der Waals surface area contributed by atoms with E-state index in [0.29, 0.717) is 11.5 Å². The number of nitrogens with two attached hydrogens (primary N) is 1. The molecule has 0 radical (unpaired) electrons. The largest absolute Gasteiger partial charge is 0.390 e. The number of hydrogen-bond donors (Lipinski definition) is 3. The second-order valence-electron chi connectivity index (χ2n) is 7.74. The number of pyridine rings is 1. The van der Waals surface area contributed by atoms with Crippen LogP contribution in [0.4, 0.5) is 11.8 Å². The molecule has 0 aliphatic heterocycles. The van der Waals surface area contributed by atoms with Gasteiger partial charge < -0.3 is 16.2 Å². The van der Waals surface area contributed by atoms with E-state index in [9.17, 15) is 5.11 Å². The SMILES string of the molecule is CC1(O)CCCCC1.CNc1nc(N)nn2ccc(-c3ccc4nccnc4n3)c12. The third kappa shape index (κ3) is 4.16.